The van der Waals surface area contributed by atoms with Crippen LogP contribution in [0.15, 0.2) is 48.8 Å². The number of fused-ring (bicyclic) bond motifs is 1. The molecule has 0 spiro atoms. The maximum absolute atomic E-state index is 12.2. The highest BCUT2D eigenvalue weighted by Crippen LogP contribution is 2.32. The van der Waals surface area contributed by atoms with Crippen LogP contribution in [0, 0.1) is 10.1 Å². The van der Waals surface area contributed by atoms with Crippen molar-refractivity contribution in [3.8, 4) is 28.8 Å². The monoisotopic (exact) mass is 436 g/mol. The molecule has 162 valence electrons. The van der Waals surface area contributed by atoms with Crippen molar-refractivity contribution in [2.75, 3.05) is 6.61 Å². The molecule has 3 aromatic rings. The summed E-state index contributed by atoms with van der Waals surface area (Å²) < 4.78 is 53.5. The third-order valence-electron chi connectivity index (χ3n) is 4.42. The van der Waals surface area contributed by atoms with Gasteiger partial charge in [0.1, 0.15) is 24.3 Å². The van der Waals surface area contributed by atoms with Gasteiger partial charge in [-0.1, -0.05) is 0 Å². The molecule has 0 N–H and O–H groups in total. The molecule has 0 bridgehead atoms. The Kier molecular flexibility index (Phi) is 4.91. The number of hydrogen-bond acceptors (Lipinski definition) is 7. The van der Waals surface area contributed by atoms with Crippen molar-refractivity contribution >= 4 is 5.82 Å². The number of aromatic nitrogens is 3. The van der Waals surface area contributed by atoms with Crippen molar-refractivity contribution in [1.29, 1.82) is 0 Å². The standard InChI is InChI=1S/C19H15F3N4O5/c1-18(10-25-9-16(26(27)28)24-17(25)31-18)11-29-14-6-7-15(23-8-14)12-2-4-13(5-3-12)30-19(20,21)22/h2-9H,10-11H2,1H3. The maximum Gasteiger partial charge on any atom is 0.573 e. The van der Waals surface area contributed by atoms with E-state index >= 15 is 0 Å². The summed E-state index contributed by atoms with van der Waals surface area (Å²) in [4.78, 5) is 18.3. The normalized spacial score (nSPS) is 17.7. The molecule has 1 atom stereocenters. The molecule has 31 heavy (non-hydrogen) atoms. The topological polar surface area (TPSA) is 102 Å². The van der Waals surface area contributed by atoms with Gasteiger partial charge in [-0.15, -0.1) is 13.2 Å². The van der Waals surface area contributed by atoms with E-state index in [1.807, 2.05) is 0 Å². The van der Waals surface area contributed by atoms with E-state index in [-0.39, 0.29) is 24.2 Å². The number of halogens is 3. The third kappa shape index (κ3) is 4.68. The van der Waals surface area contributed by atoms with Gasteiger partial charge >= 0.3 is 18.2 Å². The highest BCUT2D eigenvalue weighted by atomic mass is 19.4. The summed E-state index contributed by atoms with van der Waals surface area (Å²) in [5, 5.41) is 10.8. The van der Waals surface area contributed by atoms with Gasteiger partial charge in [-0.3, -0.25) is 9.55 Å². The number of benzene rings is 1. The largest absolute Gasteiger partial charge is 0.573 e. The Balaban J connectivity index is 1.36. The summed E-state index contributed by atoms with van der Waals surface area (Å²) in [5.41, 5.74) is 0.394. The first-order valence-electron chi connectivity index (χ1n) is 8.96. The van der Waals surface area contributed by atoms with E-state index in [9.17, 15) is 23.3 Å². The summed E-state index contributed by atoms with van der Waals surface area (Å²) >= 11 is 0. The number of nitro groups is 1. The van der Waals surface area contributed by atoms with Crippen LogP contribution in [-0.4, -0.2) is 38.0 Å². The number of alkyl halides is 3. The van der Waals surface area contributed by atoms with Gasteiger partial charge in [0.2, 0.25) is 0 Å². The van der Waals surface area contributed by atoms with Crippen LogP contribution in [0.4, 0.5) is 19.0 Å². The Bertz CT molecular complexity index is 1070. The molecule has 0 amide bonds. The van der Waals surface area contributed by atoms with E-state index in [1.165, 1.54) is 36.7 Å². The molecule has 0 radical (unpaired) electrons. The molecule has 4 rings (SSSR count). The van der Waals surface area contributed by atoms with Crippen LogP contribution < -0.4 is 14.2 Å². The Labute approximate surface area is 173 Å². The van der Waals surface area contributed by atoms with E-state index in [2.05, 4.69) is 14.7 Å². The molecule has 2 aromatic heterocycles. The molecule has 9 nitrogen and oxygen atoms in total. The SMILES string of the molecule is CC1(COc2ccc(-c3ccc(OC(F)(F)F)cc3)nc2)Cn2cc([N+](=O)[O-])nc2O1. The summed E-state index contributed by atoms with van der Waals surface area (Å²) in [7, 11) is 0. The van der Waals surface area contributed by atoms with E-state index in [1.54, 1.807) is 23.6 Å². The molecule has 1 aromatic carbocycles. The smallest absolute Gasteiger partial charge is 0.488 e. The number of ether oxygens (including phenoxy) is 3. The lowest BCUT2D eigenvalue weighted by Crippen LogP contribution is -2.38. The van der Waals surface area contributed by atoms with E-state index in [0.717, 1.165) is 0 Å². The second-order valence-electron chi connectivity index (χ2n) is 7.06. The van der Waals surface area contributed by atoms with Gasteiger partial charge in [-0.25, -0.2) is 0 Å². The number of nitrogens with zero attached hydrogens (tertiary/aromatic N) is 4. The molecular formula is C19H15F3N4O5. The van der Waals surface area contributed by atoms with Crippen LogP contribution in [0.25, 0.3) is 11.3 Å². The molecule has 1 aliphatic heterocycles. The summed E-state index contributed by atoms with van der Waals surface area (Å²) in [5.74, 6) is -0.136. The van der Waals surface area contributed by atoms with Crippen molar-refractivity contribution in [3.63, 3.8) is 0 Å². The van der Waals surface area contributed by atoms with Crippen LogP contribution in [0.2, 0.25) is 0 Å². The second-order valence-corrected chi connectivity index (χ2v) is 7.06. The van der Waals surface area contributed by atoms with Gasteiger partial charge in [0.05, 0.1) is 18.4 Å². The van der Waals surface area contributed by atoms with E-state index in [4.69, 9.17) is 9.47 Å². The Morgan fingerprint density at radius 2 is 1.94 bits per heavy atom. The van der Waals surface area contributed by atoms with Gasteiger partial charge < -0.3 is 24.3 Å². The average Bonchev–Trinajstić information content (AvgIpc) is 3.22. The molecule has 0 saturated carbocycles. The first-order valence-corrected chi connectivity index (χ1v) is 8.96. The third-order valence-corrected chi connectivity index (χ3v) is 4.42. The maximum atomic E-state index is 12.2. The first-order chi connectivity index (χ1) is 14.6. The van der Waals surface area contributed by atoms with Crippen molar-refractivity contribution in [2.24, 2.45) is 0 Å². The van der Waals surface area contributed by atoms with Crippen LogP contribution in [-0.2, 0) is 6.54 Å². The zero-order chi connectivity index (χ0) is 22.2. The molecule has 3 heterocycles. The van der Waals surface area contributed by atoms with Gasteiger partial charge in [-0.05, 0) is 48.2 Å². The van der Waals surface area contributed by atoms with Crippen LogP contribution >= 0.6 is 0 Å². The average molecular weight is 436 g/mol. The Morgan fingerprint density at radius 1 is 1.23 bits per heavy atom. The summed E-state index contributed by atoms with van der Waals surface area (Å²) in [6, 6.07) is 8.85. The molecule has 0 saturated heterocycles. The first kappa shape index (κ1) is 20.4. The number of rotatable bonds is 6. The summed E-state index contributed by atoms with van der Waals surface area (Å²) in [6.07, 6.45) is -1.95. The minimum atomic E-state index is -4.74. The lowest BCUT2D eigenvalue weighted by molar-refractivity contribution is -0.389. The minimum Gasteiger partial charge on any atom is -0.488 e. The zero-order valence-electron chi connectivity index (χ0n) is 16.0. The predicted octanol–water partition coefficient (Wildman–Crippen LogP) is 3.98. The van der Waals surface area contributed by atoms with Crippen LogP contribution in [0.5, 0.6) is 17.5 Å². The fourth-order valence-electron chi connectivity index (χ4n) is 3.06. The molecule has 0 aliphatic carbocycles. The molecular weight excluding hydrogens is 421 g/mol. The second kappa shape index (κ2) is 7.45. The summed E-state index contributed by atoms with van der Waals surface area (Å²) in [6.45, 7) is 2.27. The predicted molar refractivity (Wildman–Crippen MR) is 99.8 cm³/mol. The lowest BCUT2D eigenvalue weighted by Gasteiger charge is -2.22. The van der Waals surface area contributed by atoms with Crippen molar-refractivity contribution in [3.05, 3.63) is 58.9 Å². The van der Waals surface area contributed by atoms with Crippen molar-refractivity contribution in [1.82, 2.24) is 14.5 Å². The van der Waals surface area contributed by atoms with Gasteiger partial charge in [-0.2, -0.15) is 0 Å². The van der Waals surface area contributed by atoms with Gasteiger partial charge in [0, 0.05) is 10.5 Å². The number of imidazole rings is 1. The highest BCUT2D eigenvalue weighted by molar-refractivity contribution is 5.60. The van der Waals surface area contributed by atoms with E-state index in [0.29, 0.717) is 23.6 Å². The van der Waals surface area contributed by atoms with Crippen LogP contribution in [0.1, 0.15) is 6.92 Å². The van der Waals surface area contributed by atoms with Gasteiger partial charge in [0.15, 0.2) is 5.60 Å². The van der Waals surface area contributed by atoms with Crippen molar-refractivity contribution < 1.29 is 32.3 Å². The molecule has 1 unspecified atom stereocenters. The quantitative estimate of drug-likeness (QED) is 0.425. The zero-order valence-corrected chi connectivity index (χ0v) is 16.0. The Hall–Kier alpha value is -3.83. The fourth-order valence-corrected chi connectivity index (χ4v) is 3.06. The molecule has 0 fully saturated rings. The van der Waals surface area contributed by atoms with Crippen molar-refractivity contribution in [2.45, 2.75) is 25.4 Å². The van der Waals surface area contributed by atoms with Crippen LogP contribution in [0.3, 0.4) is 0 Å². The number of hydrogen-bond donors (Lipinski definition) is 0. The molecule has 12 heteroatoms. The van der Waals surface area contributed by atoms with Gasteiger partial charge in [0.25, 0.3) is 0 Å². The lowest BCUT2D eigenvalue weighted by atomic mass is 10.1. The van der Waals surface area contributed by atoms with E-state index < -0.39 is 16.9 Å². The molecule has 1 aliphatic rings. The Morgan fingerprint density at radius 3 is 2.52 bits per heavy atom. The minimum absolute atomic E-state index is 0.147. The fraction of sp³-hybridized carbons (Fsp3) is 0.263. The number of pyridine rings is 1. The highest BCUT2D eigenvalue weighted by Gasteiger charge is 2.41.